The lowest BCUT2D eigenvalue weighted by molar-refractivity contribution is 0.418. The summed E-state index contributed by atoms with van der Waals surface area (Å²) in [5.41, 5.74) is 2.49. The second-order valence-electron chi connectivity index (χ2n) is 5.19. The number of nitrogens with zero attached hydrogens (tertiary/aromatic N) is 2. The van der Waals surface area contributed by atoms with Crippen LogP contribution in [0.25, 0.3) is 0 Å². The van der Waals surface area contributed by atoms with E-state index in [4.69, 9.17) is 0 Å². The Bertz CT molecular complexity index is 373. The molecule has 0 aliphatic rings. The maximum Gasteiger partial charge on any atom is 0.0766 e. The van der Waals surface area contributed by atoms with Crippen molar-refractivity contribution in [2.24, 2.45) is 13.0 Å². The third-order valence-electron chi connectivity index (χ3n) is 3.35. The van der Waals surface area contributed by atoms with Crippen molar-refractivity contribution in [1.82, 2.24) is 15.1 Å². The average molecular weight is 316 g/mol. The Morgan fingerprint density at radius 3 is 2.50 bits per heavy atom. The van der Waals surface area contributed by atoms with Crippen molar-refractivity contribution in [2.75, 3.05) is 6.54 Å². The molecule has 0 fully saturated rings. The lowest BCUT2D eigenvalue weighted by atomic mass is 9.97. The second kappa shape index (κ2) is 7.29. The molecule has 0 aliphatic carbocycles. The van der Waals surface area contributed by atoms with Crippen LogP contribution >= 0.6 is 15.9 Å². The van der Waals surface area contributed by atoms with Crippen molar-refractivity contribution < 1.29 is 0 Å². The van der Waals surface area contributed by atoms with Gasteiger partial charge in [0.1, 0.15) is 0 Å². The lowest BCUT2D eigenvalue weighted by Gasteiger charge is -2.18. The van der Waals surface area contributed by atoms with E-state index in [1.165, 1.54) is 22.3 Å². The van der Waals surface area contributed by atoms with E-state index in [-0.39, 0.29) is 0 Å². The molecule has 0 saturated carbocycles. The summed E-state index contributed by atoms with van der Waals surface area (Å²) in [5, 5.41) is 8.02. The summed E-state index contributed by atoms with van der Waals surface area (Å²) < 4.78 is 3.23. The van der Waals surface area contributed by atoms with Gasteiger partial charge in [0.2, 0.25) is 0 Å². The van der Waals surface area contributed by atoms with E-state index in [1.807, 2.05) is 11.7 Å². The predicted molar refractivity (Wildman–Crippen MR) is 80.9 cm³/mol. The van der Waals surface area contributed by atoms with Gasteiger partial charge in [0.05, 0.1) is 15.9 Å². The molecule has 0 aliphatic heterocycles. The van der Waals surface area contributed by atoms with Crippen LogP contribution in [0.2, 0.25) is 0 Å². The minimum absolute atomic E-state index is 0.586. The van der Waals surface area contributed by atoms with Crippen LogP contribution in [0.1, 0.15) is 45.5 Å². The molecule has 0 saturated heterocycles. The van der Waals surface area contributed by atoms with E-state index in [9.17, 15) is 0 Å². The van der Waals surface area contributed by atoms with Crippen molar-refractivity contribution in [1.29, 1.82) is 0 Å². The highest BCUT2D eigenvalue weighted by atomic mass is 79.9. The van der Waals surface area contributed by atoms with Gasteiger partial charge in [-0.25, -0.2) is 0 Å². The molecule has 1 aromatic heterocycles. The van der Waals surface area contributed by atoms with Gasteiger partial charge in [0.15, 0.2) is 0 Å². The molecule has 1 N–H and O–H groups in total. The first-order valence-electron chi connectivity index (χ1n) is 6.93. The van der Waals surface area contributed by atoms with Crippen molar-refractivity contribution in [3.8, 4) is 0 Å². The zero-order chi connectivity index (χ0) is 13.7. The molecular formula is C14H26BrN3. The third kappa shape index (κ3) is 4.09. The number of aromatic nitrogens is 2. The molecule has 104 valence electrons. The molecule has 1 heterocycles. The van der Waals surface area contributed by atoms with Crippen molar-refractivity contribution in [2.45, 2.75) is 53.0 Å². The summed E-state index contributed by atoms with van der Waals surface area (Å²) in [6, 6.07) is 0.586. The fourth-order valence-electron chi connectivity index (χ4n) is 2.49. The monoisotopic (exact) mass is 315 g/mol. The van der Waals surface area contributed by atoms with Gasteiger partial charge in [-0.1, -0.05) is 20.8 Å². The van der Waals surface area contributed by atoms with Crippen molar-refractivity contribution in [3.05, 3.63) is 15.9 Å². The van der Waals surface area contributed by atoms with Gasteiger partial charge in [-0.05, 0) is 54.6 Å². The van der Waals surface area contributed by atoms with E-state index in [0.717, 1.165) is 19.4 Å². The predicted octanol–water partition coefficient (Wildman–Crippen LogP) is 3.31. The largest absolute Gasteiger partial charge is 0.315 e. The van der Waals surface area contributed by atoms with Crippen LogP contribution in [0.15, 0.2) is 4.47 Å². The first kappa shape index (κ1) is 15.7. The number of aryl methyl sites for hydroxylation is 2. The van der Waals surface area contributed by atoms with Crippen LogP contribution in [-0.4, -0.2) is 22.4 Å². The van der Waals surface area contributed by atoms with Crippen LogP contribution in [-0.2, 0) is 19.9 Å². The van der Waals surface area contributed by atoms with Gasteiger partial charge in [0, 0.05) is 13.1 Å². The minimum Gasteiger partial charge on any atom is -0.315 e. The zero-order valence-corrected chi connectivity index (χ0v) is 13.8. The van der Waals surface area contributed by atoms with E-state index < -0.39 is 0 Å². The Kier molecular flexibility index (Phi) is 6.36. The lowest BCUT2D eigenvalue weighted by Crippen LogP contribution is -2.28. The normalized spacial score (nSPS) is 14.8. The molecule has 2 unspecified atom stereocenters. The van der Waals surface area contributed by atoms with Crippen LogP contribution in [0.5, 0.6) is 0 Å². The van der Waals surface area contributed by atoms with Gasteiger partial charge in [-0.3, -0.25) is 4.68 Å². The Labute approximate surface area is 119 Å². The van der Waals surface area contributed by atoms with Gasteiger partial charge in [-0.2, -0.15) is 5.10 Å². The van der Waals surface area contributed by atoms with Crippen LogP contribution in [0.3, 0.4) is 0 Å². The molecule has 4 heteroatoms. The van der Waals surface area contributed by atoms with Gasteiger partial charge < -0.3 is 5.32 Å². The van der Waals surface area contributed by atoms with Gasteiger partial charge in [0.25, 0.3) is 0 Å². The molecule has 3 nitrogen and oxygen atoms in total. The number of nitrogens with one attached hydrogen (secondary N) is 1. The summed E-state index contributed by atoms with van der Waals surface area (Å²) in [5.74, 6) is 0.662. The summed E-state index contributed by atoms with van der Waals surface area (Å²) in [7, 11) is 2.04. The third-order valence-corrected chi connectivity index (χ3v) is 4.27. The topological polar surface area (TPSA) is 29.9 Å². The molecule has 1 aromatic rings. The molecule has 0 aromatic carbocycles. The average Bonchev–Trinajstić information content (AvgIpc) is 2.56. The van der Waals surface area contributed by atoms with Crippen LogP contribution in [0.4, 0.5) is 0 Å². The SMILES string of the molecule is CCNC(C)CC(C)Cc1c(Br)c(CC)nn1C. The summed E-state index contributed by atoms with van der Waals surface area (Å²) >= 11 is 3.69. The maximum atomic E-state index is 4.55. The maximum absolute atomic E-state index is 4.55. The molecule has 0 amide bonds. The fraction of sp³-hybridized carbons (Fsp3) is 0.786. The molecular weight excluding hydrogens is 290 g/mol. The van der Waals surface area contributed by atoms with Crippen LogP contribution < -0.4 is 5.32 Å². The minimum atomic E-state index is 0.586. The Hall–Kier alpha value is -0.350. The Morgan fingerprint density at radius 1 is 1.33 bits per heavy atom. The molecule has 1 rings (SSSR count). The van der Waals surface area contributed by atoms with Crippen molar-refractivity contribution >= 4 is 15.9 Å². The molecule has 0 radical (unpaired) electrons. The van der Waals surface area contributed by atoms with E-state index >= 15 is 0 Å². The quantitative estimate of drug-likeness (QED) is 0.836. The highest BCUT2D eigenvalue weighted by molar-refractivity contribution is 9.10. The molecule has 18 heavy (non-hydrogen) atoms. The smallest absolute Gasteiger partial charge is 0.0766 e. The fourth-order valence-corrected chi connectivity index (χ4v) is 3.27. The Morgan fingerprint density at radius 2 is 2.00 bits per heavy atom. The van der Waals surface area contributed by atoms with Gasteiger partial charge >= 0.3 is 0 Å². The zero-order valence-electron chi connectivity index (χ0n) is 12.3. The number of hydrogen-bond donors (Lipinski definition) is 1. The highest BCUT2D eigenvalue weighted by Crippen LogP contribution is 2.25. The number of hydrogen-bond acceptors (Lipinski definition) is 2. The van der Waals surface area contributed by atoms with E-state index in [2.05, 4.69) is 54.0 Å². The number of halogens is 1. The van der Waals surface area contributed by atoms with Crippen LogP contribution in [0, 0.1) is 5.92 Å². The first-order valence-corrected chi connectivity index (χ1v) is 7.72. The Balaban J connectivity index is 2.64. The second-order valence-corrected chi connectivity index (χ2v) is 5.98. The van der Waals surface area contributed by atoms with Crippen molar-refractivity contribution in [3.63, 3.8) is 0 Å². The van der Waals surface area contributed by atoms with Gasteiger partial charge in [-0.15, -0.1) is 0 Å². The summed E-state index contributed by atoms with van der Waals surface area (Å²) in [4.78, 5) is 0. The molecule has 0 bridgehead atoms. The summed E-state index contributed by atoms with van der Waals surface area (Å²) in [6.07, 6.45) is 3.27. The standard InChI is InChI=1S/C14H26BrN3/c1-6-12-14(15)13(18(5)17-12)9-10(3)8-11(4)16-7-2/h10-11,16H,6-9H2,1-5H3. The van der Waals surface area contributed by atoms with E-state index in [1.54, 1.807) is 0 Å². The number of rotatable bonds is 7. The first-order chi connectivity index (χ1) is 8.49. The molecule has 2 atom stereocenters. The molecule has 0 spiro atoms. The summed E-state index contributed by atoms with van der Waals surface area (Å²) in [6.45, 7) is 9.93. The highest BCUT2D eigenvalue weighted by Gasteiger charge is 2.16. The van der Waals surface area contributed by atoms with E-state index in [0.29, 0.717) is 12.0 Å².